The van der Waals surface area contributed by atoms with Crippen LogP contribution in [0.15, 0.2) is 29.8 Å². The Morgan fingerprint density at radius 1 is 1.58 bits per heavy atom. The average Bonchev–Trinajstić information content (AvgIpc) is 2.90. The second-order valence-electron chi connectivity index (χ2n) is 4.01. The Morgan fingerprint density at radius 2 is 2.37 bits per heavy atom. The SMILES string of the molecule is CC(NCc1ccc([N+](=O)[O-])cc1Cl)c1nccs1. The van der Waals surface area contributed by atoms with Crippen molar-refractivity contribution in [2.45, 2.75) is 19.5 Å². The second kappa shape index (κ2) is 6.10. The Labute approximate surface area is 119 Å². The number of benzene rings is 1. The van der Waals surface area contributed by atoms with Crippen LogP contribution >= 0.6 is 22.9 Å². The number of nitrogens with one attached hydrogen (secondary N) is 1. The Balaban J connectivity index is 2.02. The summed E-state index contributed by atoms with van der Waals surface area (Å²) in [5.41, 5.74) is 0.831. The van der Waals surface area contributed by atoms with Crippen LogP contribution in [0.3, 0.4) is 0 Å². The molecule has 0 saturated carbocycles. The third-order valence-electron chi connectivity index (χ3n) is 2.67. The first-order valence-corrected chi connectivity index (χ1v) is 6.89. The van der Waals surface area contributed by atoms with Crippen molar-refractivity contribution in [1.82, 2.24) is 10.3 Å². The number of nitro groups is 1. The van der Waals surface area contributed by atoms with Gasteiger partial charge in [0.15, 0.2) is 0 Å². The lowest BCUT2D eigenvalue weighted by molar-refractivity contribution is -0.384. The Bertz CT molecular complexity index is 574. The molecule has 0 bridgehead atoms. The quantitative estimate of drug-likeness (QED) is 0.677. The predicted molar refractivity (Wildman–Crippen MR) is 75.5 cm³/mol. The van der Waals surface area contributed by atoms with Crippen molar-refractivity contribution < 1.29 is 4.92 Å². The highest BCUT2D eigenvalue weighted by atomic mass is 35.5. The Kier molecular flexibility index (Phi) is 4.47. The summed E-state index contributed by atoms with van der Waals surface area (Å²) >= 11 is 7.61. The van der Waals surface area contributed by atoms with E-state index in [0.717, 1.165) is 10.6 Å². The number of hydrogen-bond acceptors (Lipinski definition) is 5. The van der Waals surface area contributed by atoms with E-state index in [2.05, 4.69) is 10.3 Å². The van der Waals surface area contributed by atoms with Crippen molar-refractivity contribution in [1.29, 1.82) is 0 Å². The summed E-state index contributed by atoms with van der Waals surface area (Å²) in [5, 5.41) is 17.2. The van der Waals surface area contributed by atoms with Gasteiger partial charge < -0.3 is 5.32 Å². The summed E-state index contributed by atoms with van der Waals surface area (Å²) in [6, 6.07) is 4.61. The molecule has 0 radical (unpaired) electrons. The summed E-state index contributed by atoms with van der Waals surface area (Å²) in [6.45, 7) is 2.55. The maximum atomic E-state index is 10.6. The van der Waals surface area contributed by atoms with E-state index in [-0.39, 0.29) is 11.7 Å². The van der Waals surface area contributed by atoms with E-state index in [4.69, 9.17) is 11.6 Å². The molecular weight excluding hydrogens is 286 g/mol. The molecular formula is C12H12ClN3O2S. The molecule has 0 aliphatic carbocycles. The lowest BCUT2D eigenvalue weighted by Gasteiger charge is -2.11. The molecule has 1 aromatic carbocycles. The minimum Gasteiger partial charge on any atom is -0.304 e. The van der Waals surface area contributed by atoms with Crippen molar-refractivity contribution >= 4 is 28.6 Å². The number of rotatable bonds is 5. The van der Waals surface area contributed by atoms with Gasteiger partial charge in [-0.25, -0.2) is 4.98 Å². The highest BCUT2D eigenvalue weighted by molar-refractivity contribution is 7.09. The van der Waals surface area contributed by atoms with Crippen molar-refractivity contribution in [3.63, 3.8) is 0 Å². The van der Waals surface area contributed by atoms with Gasteiger partial charge in [0.2, 0.25) is 0 Å². The van der Waals surface area contributed by atoms with E-state index < -0.39 is 4.92 Å². The minimum absolute atomic E-state index is 0.00159. The first kappa shape index (κ1) is 13.9. The molecule has 0 amide bonds. The fraction of sp³-hybridized carbons (Fsp3) is 0.250. The molecule has 1 atom stereocenters. The summed E-state index contributed by atoms with van der Waals surface area (Å²) in [5.74, 6) is 0. The molecule has 100 valence electrons. The van der Waals surface area contributed by atoms with E-state index in [1.807, 2.05) is 12.3 Å². The third-order valence-corrected chi connectivity index (χ3v) is 3.98. The lowest BCUT2D eigenvalue weighted by Crippen LogP contribution is -2.18. The van der Waals surface area contributed by atoms with E-state index in [1.165, 1.54) is 12.1 Å². The molecule has 0 fully saturated rings. The number of nitro benzene ring substituents is 1. The average molecular weight is 298 g/mol. The smallest absolute Gasteiger partial charge is 0.270 e. The van der Waals surface area contributed by atoms with Crippen molar-refractivity contribution in [3.8, 4) is 0 Å². The van der Waals surface area contributed by atoms with Gasteiger partial charge in [0.25, 0.3) is 5.69 Å². The van der Waals surface area contributed by atoms with Crippen molar-refractivity contribution in [2.24, 2.45) is 0 Å². The van der Waals surface area contributed by atoms with Crippen LogP contribution in [-0.2, 0) is 6.54 Å². The molecule has 1 heterocycles. The van der Waals surface area contributed by atoms with E-state index >= 15 is 0 Å². The van der Waals surface area contributed by atoms with Crippen molar-refractivity contribution in [3.05, 3.63) is 55.5 Å². The number of thiazole rings is 1. The van der Waals surface area contributed by atoms with E-state index in [9.17, 15) is 10.1 Å². The van der Waals surface area contributed by atoms with Gasteiger partial charge >= 0.3 is 0 Å². The van der Waals surface area contributed by atoms with E-state index in [0.29, 0.717) is 11.6 Å². The van der Waals surface area contributed by atoms with Gasteiger partial charge in [0, 0.05) is 30.3 Å². The Hall–Kier alpha value is -1.50. The van der Waals surface area contributed by atoms with Gasteiger partial charge in [-0.05, 0) is 18.6 Å². The van der Waals surface area contributed by atoms with Crippen LogP contribution in [0, 0.1) is 10.1 Å². The van der Waals surface area contributed by atoms with Gasteiger partial charge in [-0.3, -0.25) is 10.1 Å². The first-order valence-electron chi connectivity index (χ1n) is 5.63. The van der Waals surface area contributed by atoms with Crippen LogP contribution in [0.25, 0.3) is 0 Å². The first-order chi connectivity index (χ1) is 9.08. The molecule has 1 N–H and O–H groups in total. The summed E-state index contributed by atoms with van der Waals surface area (Å²) < 4.78 is 0. The maximum absolute atomic E-state index is 10.6. The standard InChI is InChI=1S/C12H12ClN3O2S/c1-8(12-14-4-5-19-12)15-7-9-2-3-10(16(17)18)6-11(9)13/h2-6,8,15H,7H2,1H3. The number of aromatic nitrogens is 1. The number of non-ortho nitro benzene ring substituents is 1. The fourth-order valence-corrected chi connectivity index (χ4v) is 2.50. The highest BCUT2D eigenvalue weighted by Crippen LogP contribution is 2.23. The molecule has 2 rings (SSSR count). The van der Waals surface area contributed by atoms with Crippen LogP contribution < -0.4 is 5.32 Å². The molecule has 1 unspecified atom stereocenters. The minimum atomic E-state index is -0.457. The summed E-state index contributed by atoms with van der Waals surface area (Å²) in [4.78, 5) is 14.4. The van der Waals surface area contributed by atoms with Gasteiger partial charge in [0.05, 0.1) is 16.0 Å². The molecule has 7 heteroatoms. The number of nitrogens with zero attached hydrogens (tertiary/aromatic N) is 2. The summed E-state index contributed by atoms with van der Waals surface area (Å²) in [7, 11) is 0. The second-order valence-corrected chi connectivity index (χ2v) is 5.34. The molecule has 0 aliphatic rings. The van der Waals surface area contributed by atoms with Crippen LogP contribution in [0.1, 0.15) is 23.5 Å². The molecule has 5 nitrogen and oxygen atoms in total. The van der Waals surface area contributed by atoms with Crippen LogP contribution in [-0.4, -0.2) is 9.91 Å². The molecule has 0 aliphatic heterocycles. The normalized spacial score (nSPS) is 12.3. The molecule has 19 heavy (non-hydrogen) atoms. The zero-order valence-corrected chi connectivity index (χ0v) is 11.7. The molecule has 0 saturated heterocycles. The van der Waals surface area contributed by atoms with Gasteiger partial charge in [-0.2, -0.15) is 0 Å². The molecule has 2 aromatic rings. The van der Waals surface area contributed by atoms with Gasteiger partial charge in [-0.15, -0.1) is 11.3 Å². The largest absolute Gasteiger partial charge is 0.304 e. The number of halogens is 1. The fourth-order valence-electron chi connectivity index (χ4n) is 1.59. The summed E-state index contributed by atoms with van der Waals surface area (Å²) in [6.07, 6.45) is 1.76. The number of hydrogen-bond donors (Lipinski definition) is 1. The zero-order valence-electron chi connectivity index (χ0n) is 10.2. The van der Waals surface area contributed by atoms with Gasteiger partial charge in [-0.1, -0.05) is 11.6 Å². The highest BCUT2D eigenvalue weighted by Gasteiger charge is 2.11. The van der Waals surface area contributed by atoms with Crippen LogP contribution in [0.4, 0.5) is 5.69 Å². The molecule has 1 aromatic heterocycles. The van der Waals surface area contributed by atoms with E-state index in [1.54, 1.807) is 23.6 Å². The van der Waals surface area contributed by atoms with Crippen LogP contribution in [0.2, 0.25) is 5.02 Å². The molecule has 0 spiro atoms. The Morgan fingerprint density at radius 3 is 2.95 bits per heavy atom. The predicted octanol–water partition coefficient (Wildman–Crippen LogP) is 3.56. The lowest BCUT2D eigenvalue weighted by atomic mass is 10.2. The van der Waals surface area contributed by atoms with Crippen LogP contribution in [0.5, 0.6) is 0 Å². The van der Waals surface area contributed by atoms with Gasteiger partial charge in [0.1, 0.15) is 5.01 Å². The monoisotopic (exact) mass is 297 g/mol. The maximum Gasteiger partial charge on any atom is 0.270 e. The van der Waals surface area contributed by atoms with Crippen molar-refractivity contribution in [2.75, 3.05) is 0 Å². The third kappa shape index (κ3) is 3.50. The zero-order chi connectivity index (χ0) is 13.8. The topological polar surface area (TPSA) is 68.1 Å².